The van der Waals surface area contributed by atoms with Crippen molar-refractivity contribution in [3.8, 4) is 0 Å². The van der Waals surface area contributed by atoms with Gasteiger partial charge in [0.15, 0.2) is 0 Å². The van der Waals surface area contributed by atoms with Gasteiger partial charge in [-0.25, -0.2) is 14.4 Å². The summed E-state index contributed by atoms with van der Waals surface area (Å²) in [4.78, 5) is 49.4. The number of carboxylic acid groups (broad SMARTS) is 1. The van der Waals surface area contributed by atoms with Crippen LogP contribution < -0.4 is 21.7 Å². The maximum atomic E-state index is 12.5. The Morgan fingerprint density at radius 1 is 0.842 bits per heavy atom. The van der Waals surface area contributed by atoms with E-state index in [1.807, 2.05) is 20.8 Å². The highest BCUT2D eigenvalue weighted by atomic mass is 16.6. The summed E-state index contributed by atoms with van der Waals surface area (Å²) in [5, 5.41) is 17.6. The van der Waals surface area contributed by atoms with Crippen LogP contribution in [0.4, 0.5) is 14.4 Å². The first-order valence-electron chi connectivity index (χ1n) is 13.2. The highest BCUT2D eigenvalue weighted by Gasteiger charge is 2.26. The maximum absolute atomic E-state index is 12.5. The fourth-order valence-corrected chi connectivity index (χ4v) is 3.43. The van der Waals surface area contributed by atoms with Gasteiger partial charge in [-0.05, 0) is 88.0 Å². The van der Waals surface area contributed by atoms with Gasteiger partial charge in [-0.2, -0.15) is 0 Å². The Bertz CT molecular complexity index is 769. The van der Waals surface area contributed by atoms with E-state index in [0.29, 0.717) is 38.8 Å². The number of carbonyl (C=O) groups is 4. The van der Waals surface area contributed by atoms with E-state index in [0.717, 1.165) is 0 Å². The van der Waals surface area contributed by atoms with Crippen LogP contribution in [0.5, 0.6) is 0 Å². The van der Waals surface area contributed by atoms with Gasteiger partial charge >= 0.3 is 18.3 Å². The summed E-state index contributed by atoms with van der Waals surface area (Å²) in [5.74, 6) is -0.272. The van der Waals surface area contributed by atoms with Crippen molar-refractivity contribution in [3.05, 3.63) is 0 Å². The topological polar surface area (TPSA) is 172 Å². The molecule has 0 aliphatic rings. The van der Waals surface area contributed by atoms with Crippen LogP contribution in [-0.4, -0.2) is 82.7 Å². The first kappa shape index (κ1) is 35.2. The van der Waals surface area contributed by atoms with Crippen molar-refractivity contribution in [2.45, 2.75) is 123 Å². The monoisotopic (exact) mass is 545 g/mol. The van der Waals surface area contributed by atoms with Crippen molar-refractivity contribution < 1.29 is 33.8 Å². The molecule has 2 atom stereocenters. The fourth-order valence-electron chi connectivity index (χ4n) is 3.43. The van der Waals surface area contributed by atoms with Gasteiger partial charge in [-0.1, -0.05) is 0 Å². The molecule has 0 aromatic rings. The molecular weight excluding hydrogens is 494 g/mol. The molecule has 6 N–H and O–H groups in total. The molecule has 0 aromatic carbocycles. The number of nitrogens with two attached hydrogens (primary N) is 1. The highest BCUT2D eigenvalue weighted by Crippen LogP contribution is 2.15. The SMILES string of the molecule is CC(C)(C)OC(=O)NCCC[C@@H](CNC(=O)C[C@@H](N)CCCN(C(=O)O)C(C)(C)C)NC(=O)OC(C)(C)C. The zero-order chi connectivity index (χ0) is 29.7. The molecule has 0 aromatic heterocycles. The van der Waals surface area contributed by atoms with Crippen LogP contribution in [0.15, 0.2) is 0 Å². The first-order valence-corrected chi connectivity index (χ1v) is 13.2. The van der Waals surface area contributed by atoms with Crippen molar-refractivity contribution in [2.24, 2.45) is 5.73 Å². The van der Waals surface area contributed by atoms with Crippen LogP contribution in [0.25, 0.3) is 0 Å². The Balaban J connectivity index is 4.74. The molecular formula is C26H51N5O7. The summed E-state index contributed by atoms with van der Waals surface area (Å²) < 4.78 is 10.5. The molecule has 0 radical (unpaired) electrons. The van der Waals surface area contributed by atoms with E-state index in [4.69, 9.17) is 15.2 Å². The molecule has 0 heterocycles. The average molecular weight is 546 g/mol. The van der Waals surface area contributed by atoms with Gasteiger partial charge in [0.25, 0.3) is 0 Å². The molecule has 0 fully saturated rings. The number of hydrogen-bond donors (Lipinski definition) is 5. The highest BCUT2D eigenvalue weighted by molar-refractivity contribution is 5.76. The lowest BCUT2D eigenvalue weighted by molar-refractivity contribution is -0.121. The predicted molar refractivity (Wildman–Crippen MR) is 146 cm³/mol. The van der Waals surface area contributed by atoms with E-state index in [1.54, 1.807) is 41.5 Å². The number of nitrogens with zero attached hydrogens (tertiary/aromatic N) is 1. The lowest BCUT2D eigenvalue weighted by Crippen LogP contribution is -2.46. The zero-order valence-corrected chi connectivity index (χ0v) is 24.7. The van der Waals surface area contributed by atoms with Crippen LogP contribution in [0.3, 0.4) is 0 Å². The number of alkyl carbamates (subject to hydrolysis) is 2. The largest absolute Gasteiger partial charge is 0.465 e. The number of nitrogens with one attached hydrogen (secondary N) is 3. The molecule has 0 spiro atoms. The van der Waals surface area contributed by atoms with Crippen LogP contribution in [-0.2, 0) is 14.3 Å². The molecule has 12 nitrogen and oxygen atoms in total. The molecule has 0 saturated heterocycles. The molecule has 0 aliphatic carbocycles. The maximum Gasteiger partial charge on any atom is 0.407 e. The van der Waals surface area contributed by atoms with E-state index in [-0.39, 0.29) is 18.9 Å². The van der Waals surface area contributed by atoms with Crippen molar-refractivity contribution in [1.82, 2.24) is 20.9 Å². The van der Waals surface area contributed by atoms with E-state index < -0.39 is 47.1 Å². The van der Waals surface area contributed by atoms with Gasteiger partial charge in [0, 0.05) is 43.7 Å². The van der Waals surface area contributed by atoms with Crippen LogP contribution in [0.1, 0.15) is 94.4 Å². The Hall–Kier alpha value is -2.76. The zero-order valence-electron chi connectivity index (χ0n) is 24.7. The van der Waals surface area contributed by atoms with Crippen molar-refractivity contribution in [1.29, 1.82) is 0 Å². The second kappa shape index (κ2) is 15.6. The summed E-state index contributed by atoms with van der Waals surface area (Å²) in [6.45, 7) is 16.9. The Kier molecular flexibility index (Phi) is 14.5. The van der Waals surface area contributed by atoms with Crippen LogP contribution in [0, 0.1) is 0 Å². The van der Waals surface area contributed by atoms with Crippen molar-refractivity contribution >= 4 is 24.2 Å². The second-order valence-corrected chi connectivity index (χ2v) is 12.4. The van der Waals surface area contributed by atoms with Gasteiger partial charge in [0.2, 0.25) is 5.91 Å². The van der Waals surface area contributed by atoms with Crippen LogP contribution >= 0.6 is 0 Å². The lowest BCUT2D eigenvalue weighted by atomic mass is 10.0. The minimum Gasteiger partial charge on any atom is -0.465 e. The molecule has 0 bridgehead atoms. The fraction of sp³-hybridized carbons (Fsp3) is 0.846. The normalized spacial score (nSPS) is 13.6. The van der Waals surface area contributed by atoms with Gasteiger partial charge in [0.1, 0.15) is 11.2 Å². The number of hydrogen-bond acceptors (Lipinski definition) is 7. The van der Waals surface area contributed by atoms with E-state index in [2.05, 4.69) is 16.0 Å². The summed E-state index contributed by atoms with van der Waals surface area (Å²) in [6.07, 6.45) is -0.0202. The van der Waals surface area contributed by atoms with E-state index >= 15 is 0 Å². The van der Waals surface area contributed by atoms with Gasteiger partial charge in [-0.3, -0.25) is 4.79 Å². The van der Waals surface area contributed by atoms with Gasteiger partial charge in [-0.15, -0.1) is 0 Å². The third kappa shape index (κ3) is 18.5. The molecule has 222 valence electrons. The molecule has 4 amide bonds. The molecule has 0 saturated carbocycles. The van der Waals surface area contributed by atoms with Crippen LogP contribution in [0.2, 0.25) is 0 Å². The van der Waals surface area contributed by atoms with Crippen molar-refractivity contribution in [3.63, 3.8) is 0 Å². The number of carbonyl (C=O) groups excluding carboxylic acids is 3. The lowest BCUT2D eigenvalue weighted by Gasteiger charge is -2.33. The third-order valence-electron chi connectivity index (χ3n) is 5.11. The molecule has 0 unspecified atom stereocenters. The molecule has 0 aliphatic heterocycles. The average Bonchev–Trinajstić information content (AvgIpc) is 2.68. The van der Waals surface area contributed by atoms with Crippen molar-refractivity contribution in [2.75, 3.05) is 19.6 Å². The Labute approximate surface area is 227 Å². The summed E-state index contributed by atoms with van der Waals surface area (Å²) in [7, 11) is 0. The number of amides is 4. The smallest absolute Gasteiger partial charge is 0.407 e. The summed E-state index contributed by atoms with van der Waals surface area (Å²) in [5.41, 5.74) is 4.31. The van der Waals surface area contributed by atoms with E-state index in [9.17, 15) is 24.3 Å². The second-order valence-electron chi connectivity index (χ2n) is 12.4. The van der Waals surface area contributed by atoms with Gasteiger partial charge in [0.05, 0.1) is 0 Å². The number of ether oxygens (including phenoxy) is 2. The first-order chi connectivity index (χ1) is 17.2. The Morgan fingerprint density at radius 2 is 1.39 bits per heavy atom. The molecule has 12 heteroatoms. The molecule has 38 heavy (non-hydrogen) atoms. The van der Waals surface area contributed by atoms with Gasteiger partial charge < -0.3 is 41.2 Å². The molecule has 0 rings (SSSR count). The van der Waals surface area contributed by atoms with E-state index in [1.165, 1.54) is 4.90 Å². The number of rotatable bonds is 13. The quantitative estimate of drug-likeness (QED) is 0.218. The Morgan fingerprint density at radius 3 is 1.89 bits per heavy atom. The predicted octanol–water partition coefficient (Wildman–Crippen LogP) is 3.58. The minimum absolute atomic E-state index is 0.0714. The minimum atomic E-state index is -0.992. The summed E-state index contributed by atoms with van der Waals surface area (Å²) in [6, 6.07) is -0.859. The summed E-state index contributed by atoms with van der Waals surface area (Å²) >= 11 is 0. The third-order valence-corrected chi connectivity index (χ3v) is 5.11. The standard InChI is InChI=1S/C26H51N5O7/c1-24(2,3)31(23(35)36)15-11-12-18(27)16-20(32)29-17-19(30-22(34)38-26(7,8)9)13-10-14-28-21(33)37-25(4,5)6/h18-19H,10-17,27H2,1-9H3,(H,28,33)(H,29,32)(H,30,34)(H,35,36)/t18-,19-/m0/s1.